The number of hydrogen-bond donors (Lipinski definition) is 2. The third-order valence-corrected chi connectivity index (χ3v) is 5.64. The molecule has 1 aromatic carbocycles. The van der Waals surface area contributed by atoms with Crippen LogP contribution in [0.4, 0.5) is 10.1 Å². The van der Waals surface area contributed by atoms with Crippen molar-refractivity contribution < 1.29 is 17.9 Å². The highest BCUT2D eigenvalue weighted by atomic mass is 32.2. The van der Waals surface area contributed by atoms with Crippen LogP contribution in [0, 0.1) is 19.7 Å². The van der Waals surface area contributed by atoms with E-state index in [9.17, 15) is 17.9 Å². The number of aryl methyl sites for hydroxylation is 2. The summed E-state index contributed by atoms with van der Waals surface area (Å²) in [5.74, 6) is -0.393. The van der Waals surface area contributed by atoms with Crippen LogP contribution in [-0.4, -0.2) is 13.5 Å². The average molecular weight is 315 g/mol. The topological polar surface area (TPSA) is 66.4 Å². The molecule has 0 aliphatic carbocycles. The largest absolute Gasteiger partial charge is 0.391 e. The minimum absolute atomic E-state index is 0.0898. The van der Waals surface area contributed by atoms with Gasteiger partial charge in [-0.25, -0.2) is 12.8 Å². The third-order valence-electron chi connectivity index (χ3n) is 2.81. The highest BCUT2D eigenvalue weighted by Crippen LogP contribution is 2.28. The molecule has 0 bridgehead atoms. The van der Waals surface area contributed by atoms with Crippen LogP contribution in [0.5, 0.6) is 0 Å². The van der Waals surface area contributed by atoms with Crippen LogP contribution >= 0.6 is 11.3 Å². The molecule has 0 saturated carbocycles. The summed E-state index contributed by atoms with van der Waals surface area (Å²) in [6.07, 6.45) is 0. The van der Waals surface area contributed by atoms with Crippen molar-refractivity contribution >= 4 is 27.0 Å². The van der Waals surface area contributed by atoms with Crippen LogP contribution in [0.1, 0.15) is 16.0 Å². The van der Waals surface area contributed by atoms with E-state index in [0.717, 1.165) is 0 Å². The van der Waals surface area contributed by atoms with Gasteiger partial charge in [-0.2, -0.15) is 0 Å². The first-order chi connectivity index (χ1) is 9.35. The van der Waals surface area contributed by atoms with Gasteiger partial charge in [0.15, 0.2) is 0 Å². The summed E-state index contributed by atoms with van der Waals surface area (Å²) >= 11 is 1.19. The van der Waals surface area contributed by atoms with Crippen molar-refractivity contribution in [3.63, 3.8) is 0 Å². The zero-order valence-electron chi connectivity index (χ0n) is 11.0. The van der Waals surface area contributed by atoms with E-state index in [0.29, 0.717) is 21.7 Å². The van der Waals surface area contributed by atoms with E-state index >= 15 is 0 Å². The number of benzene rings is 1. The zero-order chi connectivity index (χ0) is 14.9. The number of thiophene rings is 1. The van der Waals surface area contributed by atoms with Crippen molar-refractivity contribution in [3.8, 4) is 0 Å². The van der Waals surface area contributed by atoms with Crippen molar-refractivity contribution in [2.24, 2.45) is 0 Å². The van der Waals surface area contributed by atoms with Crippen molar-refractivity contribution in [2.75, 3.05) is 4.72 Å². The van der Waals surface area contributed by atoms with E-state index in [-0.39, 0.29) is 11.5 Å². The number of anilines is 1. The lowest BCUT2D eigenvalue weighted by Crippen LogP contribution is -2.15. The van der Waals surface area contributed by atoms with Gasteiger partial charge in [-0.3, -0.25) is 4.72 Å². The Balaban J connectivity index is 2.40. The number of rotatable bonds is 4. The number of sulfonamides is 1. The minimum atomic E-state index is -3.80. The Hall–Kier alpha value is -1.44. The van der Waals surface area contributed by atoms with E-state index < -0.39 is 15.8 Å². The van der Waals surface area contributed by atoms with Gasteiger partial charge in [0.05, 0.1) is 11.5 Å². The summed E-state index contributed by atoms with van der Waals surface area (Å²) in [4.78, 5) is 0.473. The molecule has 20 heavy (non-hydrogen) atoms. The third kappa shape index (κ3) is 2.84. The predicted molar refractivity (Wildman–Crippen MR) is 76.9 cm³/mol. The highest BCUT2D eigenvalue weighted by molar-refractivity contribution is 7.93. The Kier molecular flexibility index (Phi) is 4.12. The molecule has 2 N–H and O–H groups in total. The number of halogens is 1. The molecule has 0 saturated heterocycles. The van der Waals surface area contributed by atoms with Gasteiger partial charge >= 0.3 is 0 Å². The Labute approximate surface area is 120 Å². The molecule has 2 rings (SSSR count). The molecule has 2 aromatic rings. The predicted octanol–water partition coefficient (Wildman–Crippen LogP) is 2.80. The van der Waals surface area contributed by atoms with E-state index in [1.165, 1.54) is 29.5 Å². The van der Waals surface area contributed by atoms with E-state index in [2.05, 4.69) is 4.72 Å². The fourth-order valence-electron chi connectivity index (χ4n) is 1.87. The van der Waals surface area contributed by atoms with Gasteiger partial charge in [-0.05, 0) is 48.6 Å². The van der Waals surface area contributed by atoms with Gasteiger partial charge in [-0.1, -0.05) is 0 Å². The molecule has 4 nitrogen and oxygen atoms in total. The van der Waals surface area contributed by atoms with Gasteiger partial charge in [0.1, 0.15) is 10.7 Å². The molecular weight excluding hydrogens is 301 g/mol. The summed E-state index contributed by atoms with van der Waals surface area (Å²) < 4.78 is 40.3. The van der Waals surface area contributed by atoms with Crippen molar-refractivity contribution in [1.29, 1.82) is 0 Å². The maximum Gasteiger partial charge on any atom is 0.263 e. The normalized spacial score (nSPS) is 11.6. The van der Waals surface area contributed by atoms with Crippen LogP contribution in [0.2, 0.25) is 0 Å². The molecule has 0 aliphatic heterocycles. The van der Waals surface area contributed by atoms with Crippen LogP contribution in [0.15, 0.2) is 28.5 Å². The highest BCUT2D eigenvalue weighted by Gasteiger charge is 2.22. The lowest BCUT2D eigenvalue weighted by atomic mass is 10.2. The molecule has 1 heterocycles. The number of aliphatic hydroxyl groups is 1. The molecular formula is C13H14FNO3S2. The van der Waals surface area contributed by atoms with Gasteiger partial charge in [0.2, 0.25) is 0 Å². The molecule has 0 atom stereocenters. The second-order valence-corrected chi connectivity index (χ2v) is 6.98. The number of nitrogens with one attached hydrogen (secondary N) is 1. The van der Waals surface area contributed by atoms with Crippen LogP contribution in [-0.2, 0) is 16.6 Å². The van der Waals surface area contributed by atoms with E-state index in [1.807, 2.05) is 0 Å². The van der Waals surface area contributed by atoms with Gasteiger partial charge < -0.3 is 5.11 Å². The van der Waals surface area contributed by atoms with Gasteiger partial charge in [-0.15, -0.1) is 11.3 Å². The zero-order valence-corrected chi connectivity index (χ0v) is 12.6. The van der Waals surface area contributed by atoms with Crippen molar-refractivity contribution in [1.82, 2.24) is 0 Å². The molecule has 0 amide bonds. The quantitative estimate of drug-likeness (QED) is 0.912. The first-order valence-corrected chi connectivity index (χ1v) is 8.18. The Morgan fingerprint density at radius 2 is 2.00 bits per heavy atom. The molecule has 0 unspecified atom stereocenters. The molecule has 1 aromatic heterocycles. The summed E-state index contributed by atoms with van der Waals surface area (Å²) in [5.41, 5.74) is 1.22. The molecule has 0 aliphatic rings. The summed E-state index contributed by atoms with van der Waals surface area (Å²) in [7, 11) is -3.80. The van der Waals surface area contributed by atoms with E-state index in [1.54, 1.807) is 19.2 Å². The first-order valence-electron chi connectivity index (χ1n) is 5.82. The summed E-state index contributed by atoms with van der Waals surface area (Å²) in [5, 5.41) is 10.9. The lowest BCUT2D eigenvalue weighted by molar-refractivity contribution is 0.282. The maximum atomic E-state index is 13.2. The molecule has 108 valence electrons. The lowest BCUT2D eigenvalue weighted by Gasteiger charge is -2.10. The van der Waals surface area contributed by atoms with Gasteiger partial charge in [0, 0.05) is 5.69 Å². The van der Waals surface area contributed by atoms with Crippen LogP contribution in [0.25, 0.3) is 0 Å². The van der Waals surface area contributed by atoms with Crippen LogP contribution < -0.4 is 4.72 Å². The smallest absolute Gasteiger partial charge is 0.263 e. The molecule has 0 spiro atoms. The van der Waals surface area contributed by atoms with Crippen molar-refractivity contribution in [2.45, 2.75) is 25.3 Å². The SMILES string of the molecule is Cc1cc(NS(=O)(=O)c2c(C)csc2CO)ccc1F. The molecule has 0 radical (unpaired) electrons. The number of hydrogen-bond acceptors (Lipinski definition) is 4. The monoisotopic (exact) mass is 315 g/mol. The Morgan fingerprint density at radius 3 is 2.60 bits per heavy atom. The van der Waals surface area contributed by atoms with Gasteiger partial charge in [0.25, 0.3) is 10.0 Å². The Bertz CT molecular complexity index is 738. The number of aliphatic hydroxyl groups excluding tert-OH is 1. The molecule has 7 heteroatoms. The minimum Gasteiger partial charge on any atom is -0.391 e. The fourth-order valence-corrected chi connectivity index (χ4v) is 4.59. The summed E-state index contributed by atoms with van der Waals surface area (Å²) in [6, 6.07) is 3.99. The fraction of sp³-hybridized carbons (Fsp3) is 0.231. The standard InChI is InChI=1S/C13H14FNO3S2/c1-8-5-10(3-4-11(8)14)15-20(17,18)13-9(2)7-19-12(13)6-16/h3-5,7,15-16H,6H2,1-2H3. The van der Waals surface area contributed by atoms with Crippen LogP contribution in [0.3, 0.4) is 0 Å². The molecule has 0 fully saturated rings. The second-order valence-electron chi connectivity index (χ2n) is 4.40. The summed E-state index contributed by atoms with van der Waals surface area (Å²) in [6.45, 7) is 2.89. The average Bonchev–Trinajstić information content (AvgIpc) is 2.75. The maximum absolute atomic E-state index is 13.2. The van der Waals surface area contributed by atoms with E-state index in [4.69, 9.17) is 0 Å². The van der Waals surface area contributed by atoms with Crippen molar-refractivity contribution in [3.05, 3.63) is 45.4 Å². The first kappa shape index (κ1) is 15.0. The Morgan fingerprint density at radius 1 is 1.30 bits per heavy atom. The second kappa shape index (κ2) is 5.51.